The Morgan fingerprint density at radius 3 is 2.73 bits per heavy atom. The van der Waals surface area contributed by atoms with E-state index in [-0.39, 0.29) is 19.0 Å². The van der Waals surface area contributed by atoms with Gasteiger partial charge in [0.1, 0.15) is 24.5 Å². The lowest BCUT2D eigenvalue weighted by molar-refractivity contribution is -0.106. The molecule has 2 N–H and O–H groups in total. The van der Waals surface area contributed by atoms with Crippen molar-refractivity contribution >= 4 is 23.7 Å². The number of hydrogen-bond donors (Lipinski definition) is 1. The molecule has 1 aromatic rings. The number of aliphatic imine (C=N–C) groups is 1. The predicted octanol–water partition coefficient (Wildman–Crippen LogP) is 1.27. The second-order valence-electron chi connectivity index (χ2n) is 2.74. The molecule has 0 aliphatic heterocycles. The van der Waals surface area contributed by atoms with Gasteiger partial charge >= 0.3 is 0 Å². The van der Waals surface area contributed by atoms with Gasteiger partial charge in [-0.3, -0.25) is 4.99 Å². The number of nitrogens with zero attached hydrogens (tertiary/aromatic N) is 1. The molecule has 0 spiro atoms. The van der Waals surface area contributed by atoms with Crippen LogP contribution in [0.25, 0.3) is 0 Å². The zero-order valence-corrected chi connectivity index (χ0v) is 8.78. The standard InChI is InChI=1S/C10H11ClN2O2/c11-8-1-3-9(4-2-8)15-7-10(12)13-5-6-14/h1-4,6H,5,7H2,(H2,12,13). The summed E-state index contributed by atoms with van der Waals surface area (Å²) in [5.41, 5.74) is 5.48. The van der Waals surface area contributed by atoms with E-state index < -0.39 is 0 Å². The normalized spacial score (nSPS) is 11.1. The largest absolute Gasteiger partial charge is 0.486 e. The highest BCUT2D eigenvalue weighted by atomic mass is 35.5. The van der Waals surface area contributed by atoms with Crippen LogP contribution in [-0.4, -0.2) is 25.3 Å². The maximum Gasteiger partial charge on any atom is 0.145 e. The first-order chi connectivity index (χ1) is 7.22. The molecule has 0 radical (unpaired) electrons. The molecule has 0 amide bonds. The number of carbonyl (C=O) groups is 1. The summed E-state index contributed by atoms with van der Waals surface area (Å²) in [5, 5.41) is 0.643. The Labute approximate surface area is 92.7 Å². The Morgan fingerprint density at radius 1 is 1.47 bits per heavy atom. The number of hydrogen-bond acceptors (Lipinski definition) is 3. The first-order valence-corrected chi connectivity index (χ1v) is 4.71. The van der Waals surface area contributed by atoms with Crippen LogP contribution in [-0.2, 0) is 4.79 Å². The molecule has 15 heavy (non-hydrogen) atoms. The van der Waals surface area contributed by atoms with Crippen molar-refractivity contribution in [3.8, 4) is 5.75 Å². The fourth-order valence-corrected chi connectivity index (χ4v) is 1.01. The number of ether oxygens (including phenoxy) is 1. The molecule has 1 aromatic carbocycles. The summed E-state index contributed by atoms with van der Waals surface area (Å²) < 4.78 is 5.29. The van der Waals surface area contributed by atoms with Crippen LogP contribution >= 0.6 is 11.6 Å². The zero-order chi connectivity index (χ0) is 11.1. The number of aldehydes is 1. The highest BCUT2D eigenvalue weighted by Crippen LogP contribution is 2.15. The second-order valence-corrected chi connectivity index (χ2v) is 3.18. The molecule has 0 saturated heterocycles. The summed E-state index contributed by atoms with van der Waals surface area (Å²) in [5.74, 6) is 0.945. The number of amidine groups is 1. The molecule has 0 fully saturated rings. The maximum absolute atomic E-state index is 10.0. The molecule has 1 rings (SSSR count). The molecule has 0 aliphatic carbocycles. The number of halogens is 1. The minimum atomic E-state index is 0.0653. The molecule has 0 aromatic heterocycles. The van der Waals surface area contributed by atoms with Crippen molar-refractivity contribution in [2.24, 2.45) is 10.7 Å². The Bertz CT molecular complexity index is 349. The van der Waals surface area contributed by atoms with Crippen molar-refractivity contribution in [2.45, 2.75) is 0 Å². The molecular formula is C10H11ClN2O2. The topological polar surface area (TPSA) is 64.7 Å². The van der Waals surface area contributed by atoms with E-state index in [0.717, 1.165) is 0 Å². The highest BCUT2D eigenvalue weighted by molar-refractivity contribution is 6.30. The van der Waals surface area contributed by atoms with Gasteiger partial charge in [-0.05, 0) is 24.3 Å². The average molecular weight is 227 g/mol. The van der Waals surface area contributed by atoms with Crippen molar-refractivity contribution in [3.63, 3.8) is 0 Å². The van der Waals surface area contributed by atoms with Gasteiger partial charge in [-0.2, -0.15) is 0 Å². The third kappa shape index (κ3) is 4.46. The van der Waals surface area contributed by atoms with Crippen LogP contribution < -0.4 is 10.5 Å². The van der Waals surface area contributed by atoms with E-state index in [1.165, 1.54) is 0 Å². The summed E-state index contributed by atoms with van der Waals surface area (Å²) in [4.78, 5) is 13.8. The Balaban J connectivity index is 2.43. The molecule has 0 heterocycles. The third-order valence-corrected chi connectivity index (χ3v) is 1.82. The van der Waals surface area contributed by atoms with Crippen molar-refractivity contribution in [1.29, 1.82) is 0 Å². The smallest absolute Gasteiger partial charge is 0.145 e. The lowest BCUT2D eigenvalue weighted by Crippen LogP contribution is -2.21. The van der Waals surface area contributed by atoms with Gasteiger partial charge in [0.15, 0.2) is 0 Å². The van der Waals surface area contributed by atoms with Gasteiger partial charge in [0, 0.05) is 5.02 Å². The van der Waals surface area contributed by atoms with Crippen molar-refractivity contribution in [2.75, 3.05) is 13.2 Å². The Hall–Kier alpha value is -1.55. The van der Waals surface area contributed by atoms with Crippen LogP contribution in [0.3, 0.4) is 0 Å². The van der Waals surface area contributed by atoms with Crippen LogP contribution in [0.2, 0.25) is 5.02 Å². The molecule has 5 heteroatoms. The highest BCUT2D eigenvalue weighted by Gasteiger charge is 1.96. The summed E-state index contributed by atoms with van der Waals surface area (Å²) in [6, 6.07) is 6.90. The second kappa shape index (κ2) is 6.03. The summed E-state index contributed by atoms with van der Waals surface area (Å²) >= 11 is 5.70. The zero-order valence-electron chi connectivity index (χ0n) is 8.02. The summed E-state index contributed by atoms with van der Waals surface area (Å²) in [7, 11) is 0. The summed E-state index contributed by atoms with van der Waals surface area (Å²) in [6.07, 6.45) is 0.676. The van der Waals surface area contributed by atoms with Gasteiger partial charge in [-0.1, -0.05) is 11.6 Å². The van der Waals surface area contributed by atoms with Crippen molar-refractivity contribution in [3.05, 3.63) is 29.3 Å². The van der Waals surface area contributed by atoms with Crippen LogP contribution in [0, 0.1) is 0 Å². The van der Waals surface area contributed by atoms with E-state index in [2.05, 4.69) is 4.99 Å². The van der Waals surface area contributed by atoms with Gasteiger partial charge in [-0.15, -0.1) is 0 Å². The molecule has 0 bridgehead atoms. The molecule has 80 valence electrons. The fraction of sp³-hybridized carbons (Fsp3) is 0.200. The van der Waals surface area contributed by atoms with Crippen LogP contribution in [0.1, 0.15) is 0 Å². The van der Waals surface area contributed by atoms with E-state index in [4.69, 9.17) is 22.1 Å². The number of rotatable bonds is 5. The molecule has 0 unspecified atom stereocenters. The van der Waals surface area contributed by atoms with Gasteiger partial charge in [0.2, 0.25) is 0 Å². The Morgan fingerprint density at radius 2 is 2.13 bits per heavy atom. The molecular weight excluding hydrogens is 216 g/mol. The Kier molecular flexibility index (Phi) is 4.63. The van der Waals surface area contributed by atoms with Crippen molar-refractivity contribution < 1.29 is 9.53 Å². The van der Waals surface area contributed by atoms with E-state index in [0.29, 0.717) is 17.1 Å². The fourth-order valence-electron chi connectivity index (χ4n) is 0.888. The lowest BCUT2D eigenvalue weighted by atomic mass is 10.3. The minimum Gasteiger partial charge on any atom is -0.486 e. The monoisotopic (exact) mass is 226 g/mol. The van der Waals surface area contributed by atoms with Gasteiger partial charge in [-0.25, -0.2) is 0 Å². The molecule has 0 atom stereocenters. The van der Waals surface area contributed by atoms with E-state index in [1.54, 1.807) is 24.3 Å². The lowest BCUT2D eigenvalue weighted by Gasteiger charge is -2.04. The first kappa shape index (κ1) is 11.5. The first-order valence-electron chi connectivity index (χ1n) is 4.33. The quantitative estimate of drug-likeness (QED) is 0.467. The molecule has 0 aliphatic rings. The van der Waals surface area contributed by atoms with Gasteiger partial charge in [0.05, 0.1) is 6.54 Å². The van der Waals surface area contributed by atoms with Crippen molar-refractivity contribution in [1.82, 2.24) is 0 Å². The maximum atomic E-state index is 10.0. The molecule has 0 saturated carbocycles. The van der Waals surface area contributed by atoms with E-state index >= 15 is 0 Å². The van der Waals surface area contributed by atoms with Crippen LogP contribution in [0.4, 0.5) is 0 Å². The third-order valence-electron chi connectivity index (χ3n) is 1.57. The van der Waals surface area contributed by atoms with Crippen LogP contribution in [0.5, 0.6) is 5.75 Å². The number of carbonyl (C=O) groups excluding carboxylic acids is 1. The summed E-state index contributed by atoms with van der Waals surface area (Å²) in [6.45, 7) is 0.227. The predicted molar refractivity (Wildman–Crippen MR) is 59.5 cm³/mol. The molecule has 4 nitrogen and oxygen atoms in total. The van der Waals surface area contributed by atoms with Gasteiger partial charge < -0.3 is 15.3 Å². The number of benzene rings is 1. The van der Waals surface area contributed by atoms with Crippen LogP contribution in [0.15, 0.2) is 29.3 Å². The number of nitrogens with two attached hydrogens (primary N) is 1. The van der Waals surface area contributed by atoms with E-state index in [1.807, 2.05) is 0 Å². The van der Waals surface area contributed by atoms with E-state index in [9.17, 15) is 4.79 Å². The minimum absolute atomic E-state index is 0.0653. The SMILES string of the molecule is NC(COc1ccc(Cl)cc1)=NCC=O. The van der Waals surface area contributed by atoms with Gasteiger partial charge in [0.25, 0.3) is 0 Å². The average Bonchev–Trinajstić information content (AvgIpc) is 2.25.